The van der Waals surface area contributed by atoms with Crippen LogP contribution in [0.15, 0.2) is 36.4 Å². The zero-order valence-corrected chi connectivity index (χ0v) is 10.9. The second kappa shape index (κ2) is 5.24. The number of fused-ring (bicyclic) bond motifs is 1. The Kier molecular flexibility index (Phi) is 3.41. The van der Waals surface area contributed by atoms with Gasteiger partial charge in [0.25, 0.3) is 0 Å². The summed E-state index contributed by atoms with van der Waals surface area (Å²) in [4.78, 5) is 12.5. The van der Waals surface area contributed by atoms with Crippen molar-refractivity contribution in [2.24, 2.45) is 0 Å². The predicted molar refractivity (Wildman–Crippen MR) is 69.9 cm³/mol. The van der Waals surface area contributed by atoms with E-state index in [1.807, 2.05) is 0 Å². The van der Waals surface area contributed by atoms with Gasteiger partial charge in [-0.25, -0.2) is 13.2 Å². The van der Waals surface area contributed by atoms with Crippen LogP contribution in [0.5, 0.6) is 5.75 Å². The van der Waals surface area contributed by atoms with Gasteiger partial charge in [-0.3, -0.25) is 4.79 Å². The van der Waals surface area contributed by atoms with Crippen LogP contribution in [-0.2, 0) is 0 Å². The lowest BCUT2D eigenvalue weighted by molar-refractivity contribution is 0.0928. The zero-order chi connectivity index (χ0) is 15.0. The van der Waals surface area contributed by atoms with Crippen molar-refractivity contribution >= 4 is 5.78 Å². The Hall–Kier alpha value is -2.30. The maximum absolute atomic E-state index is 13.8. The molecule has 0 amide bonds. The highest BCUT2D eigenvalue weighted by molar-refractivity contribution is 6.01. The zero-order valence-electron chi connectivity index (χ0n) is 10.9. The van der Waals surface area contributed by atoms with Crippen LogP contribution in [0.1, 0.15) is 28.3 Å². The van der Waals surface area contributed by atoms with Gasteiger partial charge in [0.15, 0.2) is 17.4 Å². The van der Waals surface area contributed by atoms with Crippen LogP contribution in [0.2, 0.25) is 0 Å². The Morgan fingerprint density at radius 3 is 2.57 bits per heavy atom. The quantitative estimate of drug-likeness (QED) is 0.620. The summed E-state index contributed by atoms with van der Waals surface area (Å²) in [5, 5.41) is 0. The van der Waals surface area contributed by atoms with E-state index in [2.05, 4.69) is 0 Å². The van der Waals surface area contributed by atoms with Crippen molar-refractivity contribution in [2.75, 3.05) is 6.61 Å². The van der Waals surface area contributed by atoms with Crippen molar-refractivity contribution in [1.82, 2.24) is 0 Å². The van der Waals surface area contributed by atoms with E-state index < -0.39 is 34.7 Å². The van der Waals surface area contributed by atoms with Crippen LogP contribution in [-0.4, -0.2) is 12.4 Å². The second-order valence-corrected chi connectivity index (χ2v) is 4.84. The maximum atomic E-state index is 13.8. The molecular formula is C16H11F3O2. The fourth-order valence-corrected chi connectivity index (χ4v) is 2.51. The normalized spacial score (nSPS) is 17.0. The summed E-state index contributed by atoms with van der Waals surface area (Å²) in [5.41, 5.74) is 0.202. The molecule has 0 fully saturated rings. The molecule has 2 aromatic rings. The third-order valence-corrected chi connectivity index (χ3v) is 3.55. The fourth-order valence-electron chi connectivity index (χ4n) is 2.51. The molecule has 0 radical (unpaired) electrons. The third-order valence-electron chi connectivity index (χ3n) is 3.55. The van der Waals surface area contributed by atoms with Crippen LogP contribution in [0.25, 0.3) is 0 Å². The highest BCUT2D eigenvalue weighted by Gasteiger charge is 2.30. The topological polar surface area (TPSA) is 26.3 Å². The monoisotopic (exact) mass is 292 g/mol. The first-order chi connectivity index (χ1) is 10.1. The summed E-state index contributed by atoms with van der Waals surface area (Å²) >= 11 is 0. The van der Waals surface area contributed by atoms with Gasteiger partial charge in [-0.15, -0.1) is 0 Å². The van der Waals surface area contributed by atoms with Crippen LogP contribution >= 0.6 is 0 Å². The lowest BCUT2D eigenvalue weighted by Crippen LogP contribution is -2.22. The number of halogens is 3. The van der Waals surface area contributed by atoms with Gasteiger partial charge in [0.1, 0.15) is 11.6 Å². The molecule has 1 aliphatic rings. The molecule has 2 nitrogen and oxygen atoms in total. The van der Waals surface area contributed by atoms with Gasteiger partial charge < -0.3 is 4.74 Å². The van der Waals surface area contributed by atoms with Crippen molar-refractivity contribution in [3.63, 3.8) is 0 Å². The third kappa shape index (κ3) is 2.39. The minimum atomic E-state index is -1.31. The number of carbonyl (C=O) groups is 1. The molecule has 21 heavy (non-hydrogen) atoms. The van der Waals surface area contributed by atoms with Gasteiger partial charge in [-0.05, 0) is 18.6 Å². The predicted octanol–water partition coefficient (Wildman–Crippen LogP) is 3.85. The Balaban J connectivity index is 2.03. The van der Waals surface area contributed by atoms with Crippen molar-refractivity contribution in [3.05, 3.63) is 65.0 Å². The molecular weight excluding hydrogens is 281 g/mol. The first kappa shape index (κ1) is 13.7. The van der Waals surface area contributed by atoms with Crippen molar-refractivity contribution in [3.8, 4) is 5.75 Å². The standard InChI is InChI=1S/C16H11F3O2/c17-12-8-14(19)13(18)7-11(12)16(20)10-5-6-21-15-4-2-1-3-9(10)15/h1-4,7-8,10H,5-6H2. The average molecular weight is 292 g/mol. The van der Waals surface area contributed by atoms with Gasteiger partial charge in [0.2, 0.25) is 0 Å². The molecule has 0 saturated heterocycles. The lowest BCUT2D eigenvalue weighted by Gasteiger charge is -2.25. The first-order valence-corrected chi connectivity index (χ1v) is 6.48. The SMILES string of the molecule is O=C(c1cc(F)c(F)cc1F)C1CCOc2ccccc21. The molecule has 0 aromatic heterocycles. The summed E-state index contributed by atoms with van der Waals surface area (Å²) in [6, 6.07) is 7.96. The van der Waals surface area contributed by atoms with Gasteiger partial charge in [0.05, 0.1) is 18.1 Å². The molecule has 1 aliphatic heterocycles. The minimum absolute atomic E-state index is 0.318. The van der Waals surface area contributed by atoms with Crippen molar-refractivity contribution < 1.29 is 22.7 Å². The molecule has 1 unspecified atom stereocenters. The number of benzene rings is 2. The number of rotatable bonds is 2. The first-order valence-electron chi connectivity index (χ1n) is 6.48. The van der Waals surface area contributed by atoms with E-state index in [1.54, 1.807) is 24.3 Å². The number of para-hydroxylation sites is 1. The number of hydrogen-bond acceptors (Lipinski definition) is 2. The fraction of sp³-hybridized carbons (Fsp3) is 0.188. The van der Waals surface area contributed by atoms with Gasteiger partial charge in [-0.2, -0.15) is 0 Å². The molecule has 0 bridgehead atoms. The number of carbonyl (C=O) groups excluding carboxylic acids is 1. The highest BCUT2D eigenvalue weighted by Crippen LogP contribution is 2.36. The Bertz CT molecular complexity index is 713. The van der Waals surface area contributed by atoms with E-state index >= 15 is 0 Å². The largest absolute Gasteiger partial charge is 0.493 e. The molecule has 1 atom stereocenters. The number of ketones is 1. The Morgan fingerprint density at radius 2 is 1.76 bits per heavy atom. The summed E-state index contributed by atoms with van der Waals surface area (Å²) in [7, 11) is 0. The van der Waals surface area contributed by atoms with Crippen molar-refractivity contribution in [1.29, 1.82) is 0 Å². The smallest absolute Gasteiger partial charge is 0.173 e. The number of hydrogen-bond donors (Lipinski definition) is 0. The van der Waals surface area contributed by atoms with E-state index in [-0.39, 0.29) is 0 Å². The molecule has 0 N–H and O–H groups in total. The van der Waals surface area contributed by atoms with Crippen LogP contribution in [0.3, 0.4) is 0 Å². The van der Waals surface area contributed by atoms with E-state index in [0.29, 0.717) is 36.5 Å². The summed E-state index contributed by atoms with van der Waals surface area (Å²) < 4.78 is 45.4. The highest BCUT2D eigenvalue weighted by atomic mass is 19.2. The molecule has 0 aliphatic carbocycles. The maximum Gasteiger partial charge on any atom is 0.173 e. The van der Waals surface area contributed by atoms with Gasteiger partial charge in [0, 0.05) is 11.6 Å². The van der Waals surface area contributed by atoms with E-state index in [9.17, 15) is 18.0 Å². The van der Waals surface area contributed by atoms with E-state index in [4.69, 9.17) is 4.74 Å². The van der Waals surface area contributed by atoms with Crippen LogP contribution in [0.4, 0.5) is 13.2 Å². The number of ether oxygens (including phenoxy) is 1. The number of Topliss-reactive ketones (excluding diaryl/α,β-unsaturated/α-hetero) is 1. The summed E-state index contributed by atoms with van der Waals surface area (Å²) in [6.07, 6.45) is 0.369. The van der Waals surface area contributed by atoms with Crippen LogP contribution < -0.4 is 4.74 Å². The molecule has 2 aromatic carbocycles. The summed E-state index contributed by atoms with van der Waals surface area (Å²) in [6.45, 7) is 0.318. The minimum Gasteiger partial charge on any atom is -0.493 e. The van der Waals surface area contributed by atoms with Crippen molar-refractivity contribution in [2.45, 2.75) is 12.3 Å². The second-order valence-electron chi connectivity index (χ2n) is 4.84. The van der Waals surface area contributed by atoms with E-state index in [1.165, 1.54) is 0 Å². The summed E-state index contributed by atoms with van der Waals surface area (Å²) in [5.74, 6) is -4.22. The molecule has 1 heterocycles. The molecule has 108 valence electrons. The average Bonchev–Trinajstić information content (AvgIpc) is 2.49. The molecule has 0 saturated carbocycles. The van der Waals surface area contributed by atoms with Gasteiger partial charge in [-0.1, -0.05) is 18.2 Å². The van der Waals surface area contributed by atoms with E-state index in [0.717, 1.165) is 0 Å². The Morgan fingerprint density at radius 1 is 1.05 bits per heavy atom. The van der Waals surface area contributed by atoms with Crippen LogP contribution in [0, 0.1) is 17.5 Å². The van der Waals surface area contributed by atoms with Gasteiger partial charge >= 0.3 is 0 Å². The molecule has 3 rings (SSSR count). The lowest BCUT2D eigenvalue weighted by atomic mass is 9.86. The molecule has 0 spiro atoms. The Labute approximate surface area is 119 Å². The molecule has 5 heteroatoms.